The summed E-state index contributed by atoms with van der Waals surface area (Å²) in [6.07, 6.45) is 4.78. The van der Waals surface area contributed by atoms with Crippen LogP contribution < -0.4 is 0 Å². The van der Waals surface area contributed by atoms with E-state index in [4.69, 9.17) is 5.11 Å². The summed E-state index contributed by atoms with van der Waals surface area (Å²) in [6.45, 7) is 1.76. The number of aryl methyl sites for hydroxylation is 1. The predicted molar refractivity (Wildman–Crippen MR) is 71.4 cm³/mol. The average molecular weight is 266 g/mol. The van der Waals surface area contributed by atoms with Crippen LogP contribution in [0.25, 0.3) is 0 Å². The van der Waals surface area contributed by atoms with Crippen LogP contribution in [0.4, 0.5) is 0 Å². The zero-order valence-electron chi connectivity index (χ0n) is 10.5. The zero-order chi connectivity index (χ0) is 13.1. The van der Waals surface area contributed by atoms with Gasteiger partial charge in [-0.25, -0.2) is 4.79 Å². The van der Waals surface area contributed by atoms with E-state index in [0.29, 0.717) is 22.1 Å². The molecule has 1 aromatic carbocycles. The number of rotatable bonds is 4. The Morgan fingerprint density at radius 3 is 2.67 bits per heavy atom. The van der Waals surface area contributed by atoms with Crippen molar-refractivity contribution in [3.8, 4) is 0 Å². The molecular weight excluding hydrogens is 248 g/mol. The Bertz CT molecular complexity index is 476. The summed E-state index contributed by atoms with van der Waals surface area (Å²) in [5.74, 6) is 0.259. The normalized spacial score (nSPS) is 17.8. The number of carbonyl (C=O) groups is 1. The maximum Gasteiger partial charge on any atom is 0.335 e. The van der Waals surface area contributed by atoms with Crippen molar-refractivity contribution in [3.63, 3.8) is 0 Å². The quantitative estimate of drug-likeness (QED) is 0.911. The van der Waals surface area contributed by atoms with E-state index in [-0.39, 0.29) is 5.56 Å². The fourth-order valence-electron chi connectivity index (χ4n) is 2.46. The lowest BCUT2D eigenvalue weighted by atomic mass is 10.1. The van der Waals surface area contributed by atoms with Gasteiger partial charge in [-0.15, -0.1) is 0 Å². The van der Waals surface area contributed by atoms with Crippen LogP contribution in [0.2, 0.25) is 0 Å². The Hall–Kier alpha value is -1.16. The largest absolute Gasteiger partial charge is 0.478 e. The van der Waals surface area contributed by atoms with Crippen molar-refractivity contribution in [2.24, 2.45) is 5.92 Å². The molecule has 0 aliphatic heterocycles. The smallest absolute Gasteiger partial charge is 0.335 e. The SMILES string of the molecule is Cc1ccc(S(=O)CC2CCCC2)cc1C(=O)O. The summed E-state index contributed by atoms with van der Waals surface area (Å²) >= 11 is 0. The third-order valence-corrected chi connectivity index (χ3v) is 5.12. The summed E-state index contributed by atoms with van der Waals surface area (Å²) in [5, 5.41) is 9.06. The summed E-state index contributed by atoms with van der Waals surface area (Å²) < 4.78 is 12.2. The van der Waals surface area contributed by atoms with Gasteiger partial charge in [-0.1, -0.05) is 18.9 Å². The topological polar surface area (TPSA) is 54.4 Å². The van der Waals surface area contributed by atoms with Crippen LogP contribution in [-0.2, 0) is 10.8 Å². The minimum Gasteiger partial charge on any atom is -0.478 e. The van der Waals surface area contributed by atoms with Crippen LogP contribution in [0.1, 0.15) is 41.6 Å². The minimum absolute atomic E-state index is 0.257. The van der Waals surface area contributed by atoms with Gasteiger partial charge >= 0.3 is 5.97 Å². The molecule has 18 heavy (non-hydrogen) atoms. The van der Waals surface area contributed by atoms with Gasteiger partial charge in [-0.2, -0.15) is 0 Å². The lowest BCUT2D eigenvalue weighted by Crippen LogP contribution is -2.09. The third kappa shape index (κ3) is 2.99. The molecule has 1 aliphatic carbocycles. The summed E-state index contributed by atoms with van der Waals surface area (Å²) in [5.41, 5.74) is 0.969. The molecule has 0 amide bonds. The zero-order valence-corrected chi connectivity index (χ0v) is 11.3. The van der Waals surface area contributed by atoms with Crippen LogP contribution in [0.15, 0.2) is 23.1 Å². The van der Waals surface area contributed by atoms with Crippen molar-refractivity contribution >= 4 is 16.8 Å². The molecule has 0 radical (unpaired) electrons. The van der Waals surface area contributed by atoms with E-state index in [0.717, 1.165) is 12.8 Å². The van der Waals surface area contributed by atoms with E-state index in [1.54, 1.807) is 25.1 Å². The Balaban J connectivity index is 2.14. The highest BCUT2D eigenvalue weighted by Gasteiger charge is 2.19. The van der Waals surface area contributed by atoms with Crippen molar-refractivity contribution in [1.82, 2.24) is 0 Å². The van der Waals surface area contributed by atoms with Gasteiger partial charge in [0.2, 0.25) is 0 Å². The molecule has 0 bridgehead atoms. The fourth-order valence-corrected chi connectivity index (χ4v) is 3.88. The second-order valence-corrected chi connectivity index (χ2v) is 6.44. The molecule has 2 rings (SSSR count). The monoisotopic (exact) mass is 266 g/mol. The highest BCUT2D eigenvalue weighted by atomic mass is 32.2. The Labute approximate surface area is 110 Å². The molecule has 0 saturated heterocycles. The fraction of sp³-hybridized carbons (Fsp3) is 0.500. The van der Waals surface area contributed by atoms with Crippen molar-refractivity contribution in [2.45, 2.75) is 37.5 Å². The van der Waals surface area contributed by atoms with Crippen molar-refractivity contribution < 1.29 is 14.1 Å². The first-order valence-corrected chi connectivity index (χ1v) is 7.62. The van der Waals surface area contributed by atoms with Crippen molar-refractivity contribution in [2.75, 3.05) is 5.75 Å². The van der Waals surface area contributed by atoms with Crippen LogP contribution in [0.3, 0.4) is 0 Å². The van der Waals surface area contributed by atoms with Gasteiger partial charge in [-0.05, 0) is 43.4 Å². The number of hydrogen-bond acceptors (Lipinski definition) is 2. The second kappa shape index (κ2) is 5.65. The van der Waals surface area contributed by atoms with Crippen molar-refractivity contribution in [3.05, 3.63) is 29.3 Å². The number of benzene rings is 1. The summed E-state index contributed by atoms with van der Waals surface area (Å²) in [6, 6.07) is 5.08. The Kier molecular flexibility index (Phi) is 4.17. The molecule has 1 N–H and O–H groups in total. The van der Waals surface area contributed by atoms with E-state index in [1.165, 1.54) is 12.8 Å². The Morgan fingerprint density at radius 1 is 1.39 bits per heavy atom. The van der Waals surface area contributed by atoms with Crippen molar-refractivity contribution in [1.29, 1.82) is 0 Å². The van der Waals surface area contributed by atoms with Gasteiger partial charge in [0.15, 0.2) is 0 Å². The lowest BCUT2D eigenvalue weighted by molar-refractivity contribution is 0.0696. The summed E-state index contributed by atoms with van der Waals surface area (Å²) in [4.78, 5) is 11.7. The maximum absolute atomic E-state index is 12.2. The van der Waals surface area contributed by atoms with Gasteiger partial charge in [0.25, 0.3) is 0 Å². The van der Waals surface area contributed by atoms with E-state index < -0.39 is 16.8 Å². The first-order chi connectivity index (χ1) is 8.58. The second-order valence-electron chi connectivity index (χ2n) is 4.94. The van der Waals surface area contributed by atoms with Gasteiger partial charge in [-0.3, -0.25) is 4.21 Å². The molecule has 1 fully saturated rings. The molecule has 0 heterocycles. The third-order valence-electron chi connectivity index (χ3n) is 3.56. The highest BCUT2D eigenvalue weighted by Crippen LogP contribution is 2.27. The van der Waals surface area contributed by atoms with Gasteiger partial charge in [0, 0.05) is 10.6 Å². The lowest BCUT2D eigenvalue weighted by Gasteiger charge is -2.10. The molecule has 1 aliphatic rings. The first kappa shape index (κ1) is 13.3. The Morgan fingerprint density at radius 2 is 2.06 bits per heavy atom. The molecule has 98 valence electrons. The molecule has 1 atom stereocenters. The number of hydrogen-bond donors (Lipinski definition) is 1. The summed E-state index contributed by atoms with van der Waals surface area (Å²) in [7, 11) is -1.07. The van der Waals surface area contributed by atoms with Crippen LogP contribution in [-0.4, -0.2) is 21.0 Å². The highest BCUT2D eigenvalue weighted by molar-refractivity contribution is 7.85. The predicted octanol–water partition coefficient (Wildman–Crippen LogP) is 2.99. The molecule has 3 nitrogen and oxygen atoms in total. The van der Waals surface area contributed by atoms with Crippen LogP contribution >= 0.6 is 0 Å². The average Bonchev–Trinajstić information content (AvgIpc) is 2.81. The van der Waals surface area contributed by atoms with E-state index in [9.17, 15) is 9.00 Å². The van der Waals surface area contributed by atoms with Gasteiger partial charge < -0.3 is 5.11 Å². The molecule has 1 saturated carbocycles. The van der Waals surface area contributed by atoms with Crippen LogP contribution in [0.5, 0.6) is 0 Å². The molecule has 0 spiro atoms. The maximum atomic E-state index is 12.2. The molecule has 0 aromatic heterocycles. The molecule has 4 heteroatoms. The first-order valence-electron chi connectivity index (χ1n) is 6.30. The van der Waals surface area contributed by atoms with E-state index in [2.05, 4.69) is 0 Å². The number of carboxylic acid groups (broad SMARTS) is 1. The van der Waals surface area contributed by atoms with Gasteiger partial charge in [0.1, 0.15) is 0 Å². The van der Waals surface area contributed by atoms with E-state index >= 15 is 0 Å². The molecular formula is C14H18O3S. The number of aromatic carboxylic acids is 1. The molecule has 1 aromatic rings. The minimum atomic E-state index is -1.07. The van der Waals surface area contributed by atoms with Gasteiger partial charge in [0.05, 0.1) is 16.4 Å². The number of carboxylic acids is 1. The van der Waals surface area contributed by atoms with Crippen LogP contribution in [0, 0.1) is 12.8 Å². The molecule has 1 unspecified atom stereocenters. The van der Waals surface area contributed by atoms with E-state index in [1.807, 2.05) is 0 Å². The standard InChI is InChI=1S/C14H18O3S/c1-10-6-7-12(8-13(10)14(15)16)18(17)9-11-4-2-3-5-11/h6-8,11H,2-5,9H2,1H3,(H,15,16).